The molecule has 1 aromatic carbocycles. The van der Waals surface area contributed by atoms with E-state index in [0.717, 1.165) is 0 Å². The fourth-order valence-electron chi connectivity index (χ4n) is 1.81. The molecular weight excluding hydrogens is 226 g/mol. The average molecular weight is 238 g/mol. The maximum absolute atomic E-state index is 3.55. The zero-order chi connectivity index (χ0) is 9.59. The predicted molar refractivity (Wildman–Crippen MR) is 60.5 cm³/mol. The van der Waals surface area contributed by atoms with E-state index in [-0.39, 0.29) is 0 Å². The van der Waals surface area contributed by atoms with Crippen LogP contribution in [0.25, 0.3) is 10.9 Å². The molecule has 0 aliphatic carbocycles. The van der Waals surface area contributed by atoms with Gasteiger partial charge in [0.2, 0.25) is 0 Å². The molecule has 0 fully saturated rings. The molecule has 13 heavy (non-hydrogen) atoms. The van der Waals surface area contributed by atoms with Crippen molar-refractivity contribution in [1.82, 2.24) is 3.59 Å². The first kappa shape index (κ1) is 8.82. The Morgan fingerprint density at radius 1 is 1.15 bits per heavy atom. The second kappa shape index (κ2) is 2.88. The summed E-state index contributed by atoms with van der Waals surface area (Å²) in [6.45, 7) is 6.45. The molecule has 1 heterocycles. The van der Waals surface area contributed by atoms with Crippen molar-refractivity contribution in [2.75, 3.05) is 0 Å². The molecule has 0 atom stereocenters. The SMILES string of the molecule is Cc1cccc2c1c(C)c(C)n2Br. The van der Waals surface area contributed by atoms with E-state index >= 15 is 0 Å². The van der Waals surface area contributed by atoms with Gasteiger partial charge in [0.1, 0.15) is 0 Å². The summed E-state index contributed by atoms with van der Waals surface area (Å²) in [7, 11) is 0. The van der Waals surface area contributed by atoms with Gasteiger partial charge in [0, 0.05) is 11.1 Å². The van der Waals surface area contributed by atoms with E-state index in [0.29, 0.717) is 0 Å². The lowest BCUT2D eigenvalue weighted by molar-refractivity contribution is 1.21. The summed E-state index contributed by atoms with van der Waals surface area (Å²) in [5.74, 6) is 0. The van der Waals surface area contributed by atoms with Crippen LogP contribution in [0.4, 0.5) is 0 Å². The zero-order valence-electron chi connectivity index (χ0n) is 8.06. The Bertz CT molecular complexity index is 468. The van der Waals surface area contributed by atoms with Crippen molar-refractivity contribution in [2.45, 2.75) is 20.8 Å². The van der Waals surface area contributed by atoms with E-state index in [1.54, 1.807) is 0 Å². The largest absolute Gasteiger partial charge is 0.281 e. The number of hydrogen-bond donors (Lipinski definition) is 0. The summed E-state index contributed by atoms with van der Waals surface area (Å²) >= 11 is 3.55. The van der Waals surface area contributed by atoms with Crippen LogP contribution in [0, 0.1) is 20.8 Å². The topological polar surface area (TPSA) is 4.93 Å². The number of fused-ring (bicyclic) bond motifs is 1. The van der Waals surface area contributed by atoms with E-state index in [2.05, 4.69) is 58.7 Å². The molecule has 0 radical (unpaired) electrons. The molecule has 0 saturated carbocycles. The summed E-state index contributed by atoms with van der Waals surface area (Å²) in [6.07, 6.45) is 0. The second-order valence-electron chi connectivity index (χ2n) is 3.46. The molecule has 0 spiro atoms. The van der Waals surface area contributed by atoms with Crippen molar-refractivity contribution in [3.05, 3.63) is 35.0 Å². The normalized spacial score (nSPS) is 11.1. The summed E-state index contributed by atoms with van der Waals surface area (Å²) in [4.78, 5) is 0. The number of nitrogens with zero attached hydrogens (tertiary/aromatic N) is 1. The summed E-state index contributed by atoms with van der Waals surface area (Å²) in [5, 5.41) is 1.37. The number of benzene rings is 1. The monoisotopic (exact) mass is 237 g/mol. The van der Waals surface area contributed by atoms with Crippen molar-refractivity contribution in [1.29, 1.82) is 0 Å². The molecule has 68 valence electrons. The molecule has 2 aromatic rings. The Morgan fingerprint density at radius 3 is 2.46 bits per heavy atom. The lowest BCUT2D eigenvalue weighted by Crippen LogP contribution is -1.81. The van der Waals surface area contributed by atoms with E-state index in [1.165, 1.54) is 27.7 Å². The van der Waals surface area contributed by atoms with Crippen molar-refractivity contribution < 1.29 is 0 Å². The highest BCUT2D eigenvalue weighted by Crippen LogP contribution is 2.28. The standard InChI is InChI=1S/C11H12BrN/c1-7-5-4-6-10-11(7)8(2)9(3)13(10)12/h4-6H,1-3H3. The van der Waals surface area contributed by atoms with Crippen LogP contribution in [0.1, 0.15) is 16.8 Å². The highest BCUT2D eigenvalue weighted by molar-refractivity contribution is 9.08. The van der Waals surface area contributed by atoms with Gasteiger partial charge in [0.25, 0.3) is 0 Å². The average Bonchev–Trinajstić information content (AvgIpc) is 2.33. The zero-order valence-corrected chi connectivity index (χ0v) is 9.64. The fourth-order valence-corrected chi connectivity index (χ4v) is 2.37. The minimum atomic E-state index is 1.26. The van der Waals surface area contributed by atoms with Gasteiger partial charge in [-0.2, -0.15) is 0 Å². The molecule has 1 nitrogen and oxygen atoms in total. The van der Waals surface area contributed by atoms with Crippen LogP contribution in [0.3, 0.4) is 0 Å². The van der Waals surface area contributed by atoms with Gasteiger partial charge in [0.05, 0.1) is 21.7 Å². The molecule has 2 heteroatoms. The highest BCUT2D eigenvalue weighted by atomic mass is 79.9. The van der Waals surface area contributed by atoms with Gasteiger partial charge in [-0.1, -0.05) is 12.1 Å². The molecule has 0 saturated heterocycles. The molecule has 0 amide bonds. The smallest absolute Gasteiger partial charge is 0.0600 e. The molecule has 1 aromatic heterocycles. The molecule has 0 N–H and O–H groups in total. The minimum Gasteiger partial charge on any atom is -0.281 e. The van der Waals surface area contributed by atoms with Crippen LogP contribution in [0.2, 0.25) is 0 Å². The summed E-state index contributed by atoms with van der Waals surface area (Å²) in [6, 6.07) is 6.38. The minimum absolute atomic E-state index is 1.26. The summed E-state index contributed by atoms with van der Waals surface area (Å²) in [5.41, 5.74) is 5.25. The molecule has 2 rings (SSSR count). The fraction of sp³-hybridized carbons (Fsp3) is 0.273. The molecule has 0 aliphatic heterocycles. The Balaban J connectivity index is 3.03. The van der Waals surface area contributed by atoms with Crippen LogP contribution < -0.4 is 0 Å². The van der Waals surface area contributed by atoms with E-state index in [1.807, 2.05) is 0 Å². The maximum Gasteiger partial charge on any atom is 0.0600 e. The first-order valence-electron chi connectivity index (χ1n) is 4.36. The third kappa shape index (κ3) is 1.12. The number of halogens is 1. The maximum atomic E-state index is 3.55. The number of aromatic nitrogens is 1. The quantitative estimate of drug-likeness (QED) is 0.659. The number of aryl methyl sites for hydroxylation is 2. The molecule has 0 unspecified atom stereocenters. The van der Waals surface area contributed by atoms with Gasteiger partial charge < -0.3 is 0 Å². The first-order chi connectivity index (χ1) is 6.13. The first-order valence-corrected chi connectivity index (χ1v) is 5.07. The van der Waals surface area contributed by atoms with Crippen molar-refractivity contribution in [3.8, 4) is 0 Å². The van der Waals surface area contributed by atoms with Gasteiger partial charge in [-0.15, -0.1) is 0 Å². The van der Waals surface area contributed by atoms with Gasteiger partial charge in [-0.3, -0.25) is 3.59 Å². The van der Waals surface area contributed by atoms with Crippen LogP contribution in [-0.2, 0) is 0 Å². The van der Waals surface area contributed by atoms with Gasteiger partial charge in [-0.05, 0) is 38.0 Å². The number of hydrogen-bond acceptors (Lipinski definition) is 0. The number of rotatable bonds is 0. The van der Waals surface area contributed by atoms with E-state index in [9.17, 15) is 0 Å². The van der Waals surface area contributed by atoms with Crippen LogP contribution in [-0.4, -0.2) is 3.59 Å². The highest BCUT2D eigenvalue weighted by Gasteiger charge is 2.09. The van der Waals surface area contributed by atoms with E-state index < -0.39 is 0 Å². The van der Waals surface area contributed by atoms with Gasteiger partial charge in [0.15, 0.2) is 0 Å². The van der Waals surface area contributed by atoms with Crippen LogP contribution >= 0.6 is 16.1 Å². The lowest BCUT2D eigenvalue weighted by atomic mass is 10.1. The Kier molecular flexibility index (Phi) is 1.95. The van der Waals surface area contributed by atoms with Gasteiger partial charge >= 0.3 is 0 Å². The molecule has 0 bridgehead atoms. The predicted octanol–water partition coefficient (Wildman–Crippen LogP) is 3.72. The van der Waals surface area contributed by atoms with Gasteiger partial charge in [-0.25, -0.2) is 0 Å². The van der Waals surface area contributed by atoms with Crippen molar-refractivity contribution in [3.63, 3.8) is 0 Å². The molecule has 0 aliphatic rings. The van der Waals surface area contributed by atoms with Crippen LogP contribution in [0.15, 0.2) is 18.2 Å². The lowest BCUT2D eigenvalue weighted by Gasteiger charge is -1.97. The Labute approximate surface area is 86.7 Å². The second-order valence-corrected chi connectivity index (χ2v) is 4.17. The third-order valence-corrected chi connectivity index (χ3v) is 3.59. The third-order valence-electron chi connectivity index (χ3n) is 2.67. The van der Waals surface area contributed by atoms with Crippen LogP contribution in [0.5, 0.6) is 0 Å². The van der Waals surface area contributed by atoms with Crippen molar-refractivity contribution >= 4 is 27.1 Å². The van der Waals surface area contributed by atoms with Crippen molar-refractivity contribution in [2.24, 2.45) is 0 Å². The summed E-state index contributed by atoms with van der Waals surface area (Å²) < 4.78 is 2.07. The Hall–Kier alpha value is -0.760. The molecular formula is C11H12BrN. The van der Waals surface area contributed by atoms with E-state index in [4.69, 9.17) is 0 Å². The Morgan fingerprint density at radius 2 is 1.85 bits per heavy atom.